The Morgan fingerprint density at radius 3 is 2.05 bits per heavy atom. The highest BCUT2D eigenvalue weighted by molar-refractivity contribution is 5.73. The Morgan fingerprint density at radius 1 is 0.905 bits per heavy atom. The molecule has 3 N–H and O–H groups in total. The largest absolute Gasteiger partial charge is 0.481 e. The van der Waals surface area contributed by atoms with E-state index in [4.69, 9.17) is 5.11 Å². The summed E-state index contributed by atoms with van der Waals surface area (Å²) in [7, 11) is 0. The van der Waals surface area contributed by atoms with Gasteiger partial charge in [0, 0.05) is 19.5 Å². The van der Waals surface area contributed by atoms with Crippen LogP contribution in [0.15, 0.2) is 0 Å². The number of carboxylic acids is 1. The number of amides is 2. The van der Waals surface area contributed by atoms with Crippen molar-refractivity contribution in [2.75, 3.05) is 32.7 Å². The van der Waals surface area contributed by atoms with Crippen molar-refractivity contribution in [3.05, 3.63) is 0 Å². The number of hydrogen-bond acceptors (Lipinski definition) is 3. The van der Waals surface area contributed by atoms with E-state index < -0.39 is 5.97 Å². The van der Waals surface area contributed by atoms with Gasteiger partial charge in [-0.15, -0.1) is 0 Å². The van der Waals surface area contributed by atoms with E-state index in [1.54, 1.807) is 0 Å². The van der Waals surface area contributed by atoms with Crippen LogP contribution in [0, 0.1) is 0 Å². The summed E-state index contributed by atoms with van der Waals surface area (Å²) in [5, 5.41) is 14.2. The second kappa shape index (κ2) is 13.7. The van der Waals surface area contributed by atoms with Gasteiger partial charge in [-0.3, -0.25) is 4.79 Å². The Balaban J connectivity index is 3.33. The Hall–Kier alpha value is -1.30. The highest BCUT2D eigenvalue weighted by atomic mass is 16.4. The van der Waals surface area contributed by atoms with Crippen LogP contribution in [0.1, 0.15) is 52.4 Å². The lowest BCUT2D eigenvalue weighted by molar-refractivity contribution is -0.137. The summed E-state index contributed by atoms with van der Waals surface area (Å²) in [6, 6.07) is -0.111. The fourth-order valence-electron chi connectivity index (χ4n) is 2.06. The SMILES string of the molecule is CCN(CC)CCCNC(=O)NCCCCCCC(=O)O. The molecule has 0 radical (unpaired) electrons. The molecule has 0 saturated carbocycles. The molecular weight excluding hydrogens is 270 g/mol. The van der Waals surface area contributed by atoms with Crippen molar-refractivity contribution in [3.63, 3.8) is 0 Å². The lowest BCUT2D eigenvalue weighted by atomic mass is 10.1. The quantitative estimate of drug-likeness (QED) is 0.455. The van der Waals surface area contributed by atoms with Crippen LogP contribution in [0.4, 0.5) is 4.79 Å². The molecule has 124 valence electrons. The Morgan fingerprint density at radius 2 is 1.48 bits per heavy atom. The Kier molecular flexibility index (Phi) is 12.8. The molecule has 0 atom stereocenters. The molecule has 0 aromatic rings. The molecule has 0 aromatic carbocycles. The van der Waals surface area contributed by atoms with E-state index in [-0.39, 0.29) is 12.5 Å². The van der Waals surface area contributed by atoms with Gasteiger partial charge in [0.2, 0.25) is 0 Å². The molecule has 0 unspecified atom stereocenters. The number of urea groups is 1. The van der Waals surface area contributed by atoms with Gasteiger partial charge >= 0.3 is 12.0 Å². The van der Waals surface area contributed by atoms with E-state index in [1.807, 2.05) is 0 Å². The first-order valence-corrected chi connectivity index (χ1v) is 8.06. The predicted molar refractivity (Wildman–Crippen MR) is 84.5 cm³/mol. The molecule has 0 aromatic heterocycles. The summed E-state index contributed by atoms with van der Waals surface area (Å²) in [4.78, 5) is 24.1. The molecule has 6 nitrogen and oxygen atoms in total. The average Bonchev–Trinajstić information content (AvgIpc) is 2.46. The Bertz CT molecular complexity index is 281. The monoisotopic (exact) mass is 301 g/mol. The van der Waals surface area contributed by atoms with E-state index >= 15 is 0 Å². The molecule has 0 spiro atoms. The minimum atomic E-state index is -0.739. The van der Waals surface area contributed by atoms with Crippen molar-refractivity contribution in [2.45, 2.75) is 52.4 Å². The van der Waals surface area contributed by atoms with Crippen LogP contribution in [-0.4, -0.2) is 54.7 Å². The maximum Gasteiger partial charge on any atom is 0.314 e. The maximum atomic E-state index is 11.5. The summed E-state index contributed by atoms with van der Waals surface area (Å²) in [5.41, 5.74) is 0. The van der Waals surface area contributed by atoms with Gasteiger partial charge in [-0.2, -0.15) is 0 Å². The molecule has 0 fully saturated rings. The molecule has 6 heteroatoms. The molecule has 0 rings (SSSR count). The van der Waals surface area contributed by atoms with Crippen LogP contribution in [0.2, 0.25) is 0 Å². The highest BCUT2D eigenvalue weighted by Crippen LogP contribution is 2.01. The van der Waals surface area contributed by atoms with E-state index in [2.05, 4.69) is 29.4 Å². The van der Waals surface area contributed by atoms with Gasteiger partial charge in [0.1, 0.15) is 0 Å². The molecule has 2 amide bonds. The van der Waals surface area contributed by atoms with E-state index in [0.717, 1.165) is 45.3 Å². The number of carbonyl (C=O) groups is 2. The lowest BCUT2D eigenvalue weighted by Gasteiger charge is -2.17. The summed E-state index contributed by atoms with van der Waals surface area (Å²) in [6.07, 6.45) is 4.67. The van der Waals surface area contributed by atoms with Crippen LogP contribution in [0.5, 0.6) is 0 Å². The summed E-state index contributed by atoms with van der Waals surface area (Å²) < 4.78 is 0. The fourth-order valence-corrected chi connectivity index (χ4v) is 2.06. The molecule has 21 heavy (non-hydrogen) atoms. The van der Waals surface area contributed by atoms with Gasteiger partial charge in [0.25, 0.3) is 0 Å². The van der Waals surface area contributed by atoms with Gasteiger partial charge in [0.15, 0.2) is 0 Å². The van der Waals surface area contributed by atoms with Gasteiger partial charge in [-0.25, -0.2) is 4.79 Å². The topological polar surface area (TPSA) is 81.7 Å². The first-order chi connectivity index (χ1) is 10.1. The number of unbranched alkanes of at least 4 members (excludes halogenated alkanes) is 3. The van der Waals surface area contributed by atoms with Gasteiger partial charge < -0.3 is 20.6 Å². The van der Waals surface area contributed by atoms with E-state index in [9.17, 15) is 9.59 Å². The zero-order valence-electron chi connectivity index (χ0n) is 13.5. The fraction of sp³-hybridized carbons (Fsp3) is 0.867. The van der Waals surface area contributed by atoms with Gasteiger partial charge in [-0.1, -0.05) is 26.7 Å². The molecule has 0 aliphatic heterocycles. The average molecular weight is 301 g/mol. The summed E-state index contributed by atoms with van der Waals surface area (Å²) >= 11 is 0. The number of carbonyl (C=O) groups excluding carboxylic acids is 1. The van der Waals surface area contributed by atoms with Crippen molar-refractivity contribution >= 4 is 12.0 Å². The van der Waals surface area contributed by atoms with Crippen LogP contribution in [-0.2, 0) is 4.79 Å². The van der Waals surface area contributed by atoms with E-state index in [1.165, 1.54) is 0 Å². The zero-order chi connectivity index (χ0) is 15.9. The first kappa shape index (κ1) is 19.7. The third-order valence-electron chi connectivity index (χ3n) is 3.43. The molecule has 0 aliphatic rings. The van der Waals surface area contributed by atoms with Crippen LogP contribution < -0.4 is 10.6 Å². The number of rotatable bonds is 13. The van der Waals surface area contributed by atoms with Crippen LogP contribution in [0.25, 0.3) is 0 Å². The highest BCUT2D eigenvalue weighted by Gasteiger charge is 2.01. The summed E-state index contributed by atoms with van der Waals surface area (Å²) in [6.45, 7) is 8.72. The number of nitrogens with zero attached hydrogens (tertiary/aromatic N) is 1. The van der Waals surface area contributed by atoms with Crippen molar-refractivity contribution < 1.29 is 14.7 Å². The van der Waals surface area contributed by atoms with Crippen LogP contribution >= 0.6 is 0 Å². The second-order valence-electron chi connectivity index (χ2n) is 5.12. The Labute approximate surface area is 128 Å². The number of hydrogen-bond donors (Lipinski definition) is 3. The number of aliphatic carboxylic acids is 1. The minimum Gasteiger partial charge on any atom is -0.481 e. The first-order valence-electron chi connectivity index (χ1n) is 8.06. The predicted octanol–water partition coefficient (Wildman–Crippen LogP) is 2.05. The standard InChI is InChI=1S/C15H31N3O3/c1-3-18(4-2)13-9-12-17-15(21)16-11-8-6-5-7-10-14(19)20/h3-13H2,1-2H3,(H,19,20)(H2,16,17,21). The molecule has 0 saturated heterocycles. The third kappa shape index (κ3) is 13.4. The second-order valence-corrected chi connectivity index (χ2v) is 5.12. The molecule has 0 bridgehead atoms. The van der Waals surface area contributed by atoms with Crippen molar-refractivity contribution in [2.24, 2.45) is 0 Å². The molecule has 0 aliphatic carbocycles. The normalized spacial score (nSPS) is 10.6. The molecular formula is C15H31N3O3. The third-order valence-corrected chi connectivity index (χ3v) is 3.43. The maximum absolute atomic E-state index is 11.5. The van der Waals surface area contributed by atoms with Crippen LogP contribution in [0.3, 0.4) is 0 Å². The molecule has 0 heterocycles. The van der Waals surface area contributed by atoms with E-state index in [0.29, 0.717) is 19.5 Å². The van der Waals surface area contributed by atoms with Crippen molar-refractivity contribution in [3.8, 4) is 0 Å². The van der Waals surface area contributed by atoms with Gasteiger partial charge in [-0.05, 0) is 38.9 Å². The smallest absolute Gasteiger partial charge is 0.314 e. The minimum absolute atomic E-state index is 0.111. The lowest BCUT2D eigenvalue weighted by Crippen LogP contribution is -2.37. The van der Waals surface area contributed by atoms with Gasteiger partial charge in [0.05, 0.1) is 0 Å². The summed E-state index contributed by atoms with van der Waals surface area (Å²) in [5.74, 6) is -0.739. The zero-order valence-corrected chi connectivity index (χ0v) is 13.5. The number of carboxylic acid groups (broad SMARTS) is 1. The van der Waals surface area contributed by atoms with Crippen molar-refractivity contribution in [1.29, 1.82) is 0 Å². The number of nitrogens with one attached hydrogen (secondary N) is 2. The van der Waals surface area contributed by atoms with Crippen molar-refractivity contribution in [1.82, 2.24) is 15.5 Å².